The lowest BCUT2D eigenvalue weighted by Crippen LogP contribution is -2.45. The van der Waals surface area contributed by atoms with Crippen LogP contribution in [0.1, 0.15) is 19.3 Å². The Hall–Kier alpha value is -0.220. The molecular formula is C10H18F2N2. The van der Waals surface area contributed by atoms with E-state index in [9.17, 15) is 8.78 Å². The summed E-state index contributed by atoms with van der Waals surface area (Å²) in [5.74, 6) is -2.06. The maximum Gasteiger partial charge on any atom is 0.248 e. The van der Waals surface area contributed by atoms with Gasteiger partial charge in [0.05, 0.1) is 0 Å². The molecule has 0 aromatic heterocycles. The lowest BCUT2D eigenvalue weighted by molar-refractivity contribution is -0.113. The van der Waals surface area contributed by atoms with Crippen molar-refractivity contribution in [1.82, 2.24) is 10.2 Å². The minimum atomic E-state index is -2.34. The molecule has 1 heterocycles. The number of hydrogen-bond donors (Lipinski definition) is 1. The molecule has 2 fully saturated rings. The largest absolute Gasteiger partial charge is 0.314 e. The van der Waals surface area contributed by atoms with Gasteiger partial charge < -0.3 is 10.2 Å². The van der Waals surface area contributed by atoms with Crippen LogP contribution >= 0.6 is 0 Å². The van der Waals surface area contributed by atoms with Gasteiger partial charge in [-0.15, -0.1) is 0 Å². The second kappa shape index (κ2) is 4.11. The molecule has 2 rings (SSSR count). The molecule has 2 aliphatic rings. The Kier molecular flexibility index (Phi) is 3.02. The molecule has 0 unspecified atom stereocenters. The van der Waals surface area contributed by atoms with E-state index in [1.807, 2.05) is 0 Å². The highest BCUT2D eigenvalue weighted by Crippen LogP contribution is 2.43. The molecule has 1 aliphatic heterocycles. The van der Waals surface area contributed by atoms with Gasteiger partial charge in [0.2, 0.25) is 5.92 Å². The van der Waals surface area contributed by atoms with Crippen molar-refractivity contribution in [2.75, 3.05) is 32.7 Å². The molecule has 0 amide bonds. The summed E-state index contributed by atoms with van der Waals surface area (Å²) in [4.78, 5) is 2.37. The quantitative estimate of drug-likeness (QED) is 0.746. The first-order valence-electron chi connectivity index (χ1n) is 5.47. The standard InChI is InChI=1S/C10H18F2N2/c11-10(12)7-9(8-10)1-4-14-5-2-13-3-6-14/h9,13H,1-8H2. The van der Waals surface area contributed by atoms with E-state index in [-0.39, 0.29) is 18.8 Å². The van der Waals surface area contributed by atoms with Crippen LogP contribution in [0.2, 0.25) is 0 Å². The monoisotopic (exact) mass is 204 g/mol. The highest BCUT2D eigenvalue weighted by molar-refractivity contribution is 4.86. The minimum absolute atomic E-state index is 0.124. The summed E-state index contributed by atoms with van der Waals surface area (Å²) in [6.07, 6.45) is 1.20. The van der Waals surface area contributed by atoms with Crippen molar-refractivity contribution in [2.24, 2.45) is 5.92 Å². The van der Waals surface area contributed by atoms with Crippen LogP contribution < -0.4 is 5.32 Å². The van der Waals surface area contributed by atoms with Gasteiger partial charge >= 0.3 is 0 Å². The zero-order valence-corrected chi connectivity index (χ0v) is 8.44. The number of alkyl halides is 2. The number of hydrogen-bond acceptors (Lipinski definition) is 2. The van der Waals surface area contributed by atoms with E-state index in [2.05, 4.69) is 10.2 Å². The third-order valence-electron chi connectivity index (χ3n) is 3.24. The molecule has 0 radical (unpaired) electrons. The number of piperazine rings is 1. The van der Waals surface area contributed by atoms with Crippen LogP contribution in [0.3, 0.4) is 0 Å². The van der Waals surface area contributed by atoms with Crippen molar-refractivity contribution >= 4 is 0 Å². The van der Waals surface area contributed by atoms with E-state index < -0.39 is 5.92 Å². The Balaban J connectivity index is 1.59. The first-order chi connectivity index (χ1) is 6.66. The summed E-state index contributed by atoms with van der Waals surface area (Å²) in [6, 6.07) is 0. The van der Waals surface area contributed by atoms with Crippen LogP contribution in [0.5, 0.6) is 0 Å². The van der Waals surface area contributed by atoms with Gasteiger partial charge in [0.25, 0.3) is 0 Å². The fraction of sp³-hybridized carbons (Fsp3) is 1.00. The van der Waals surface area contributed by atoms with Crippen molar-refractivity contribution in [3.05, 3.63) is 0 Å². The molecule has 1 N–H and O–H groups in total. The Morgan fingerprint density at radius 3 is 2.43 bits per heavy atom. The lowest BCUT2D eigenvalue weighted by Gasteiger charge is -2.37. The van der Waals surface area contributed by atoms with E-state index in [0.717, 1.165) is 39.1 Å². The second-order valence-corrected chi connectivity index (χ2v) is 4.51. The summed E-state index contributed by atoms with van der Waals surface area (Å²) in [7, 11) is 0. The molecule has 1 saturated heterocycles. The first kappa shape index (κ1) is 10.3. The van der Waals surface area contributed by atoms with Crippen LogP contribution in [0.4, 0.5) is 8.78 Å². The van der Waals surface area contributed by atoms with Gasteiger partial charge in [-0.25, -0.2) is 8.78 Å². The van der Waals surface area contributed by atoms with Crippen molar-refractivity contribution in [2.45, 2.75) is 25.2 Å². The minimum Gasteiger partial charge on any atom is -0.314 e. The van der Waals surface area contributed by atoms with E-state index >= 15 is 0 Å². The summed E-state index contributed by atoms with van der Waals surface area (Å²) in [5, 5.41) is 3.28. The predicted molar refractivity (Wildman–Crippen MR) is 51.6 cm³/mol. The molecule has 1 aliphatic carbocycles. The highest BCUT2D eigenvalue weighted by atomic mass is 19.3. The van der Waals surface area contributed by atoms with Gasteiger partial charge in [-0.2, -0.15) is 0 Å². The van der Waals surface area contributed by atoms with Crippen LogP contribution in [-0.2, 0) is 0 Å². The molecular weight excluding hydrogens is 186 g/mol. The van der Waals surface area contributed by atoms with Gasteiger partial charge in [-0.3, -0.25) is 0 Å². The van der Waals surface area contributed by atoms with E-state index in [1.54, 1.807) is 0 Å². The van der Waals surface area contributed by atoms with Crippen molar-refractivity contribution < 1.29 is 8.78 Å². The predicted octanol–water partition coefficient (Wildman–Crippen LogP) is 1.33. The van der Waals surface area contributed by atoms with Crippen molar-refractivity contribution in [3.8, 4) is 0 Å². The maximum absolute atomic E-state index is 12.5. The van der Waals surface area contributed by atoms with Gasteiger partial charge in [0, 0.05) is 39.0 Å². The zero-order chi connectivity index (χ0) is 10.0. The van der Waals surface area contributed by atoms with Crippen molar-refractivity contribution in [1.29, 1.82) is 0 Å². The maximum atomic E-state index is 12.5. The van der Waals surface area contributed by atoms with Gasteiger partial charge in [0.15, 0.2) is 0 Å². The molecule has 14 heavy (non-hydrogen) atoms. The second-order valence-electron chi connectivity index (χ2n) is 4.51. The Bertz CT molecular complexity index is 183. The van der Waals surface area contributed by atoms with E-state index in [4.69, 9.17) is 0 Å². The van der Waals surface area contributed by atoms with Gasteiger partial charge in [0.1, 0.15) is 0 Å². The summed E-state index contributed by atoms with van der Waals surface area (Å²) in [5.41, 5.74) is 0. The van der Waals surface area contributed by atoms with Crippen LogP contribution in [0.15, 0.2) is 0 Å². The van der Waals surface area contributed by atoms with E-state index in [1.165, 1.54) is 0 Å². The molecule has 0 aromatic carbocycles. The molecule has 2 nitrogen and oxygen atoms in total. The number of rotatable bonds is 3. The van der Waals surface area contributed by atoms with E-state index in [0.29, 0.717) is 0 Å². The van der Waals surface area contributed by atoms with Crippen LogP contribution in [0, 0.1) is 5.92 Å². The zero-order valence-electron chi connectivity index (χ0n) is 8.44. The SMILES string of the molecule is FC1(F)CC(CCN2CCNCC2)C1. The average molecular weight is 204 g/mol. The highest BCUT2D eigenvalue weighted by Gasteiger charge is 2.44. The number of nitrogens with zero attached hydrogens (tertiary/aromatic N) is 1. The summed E-state index contributed by atoms with van der Waals surface area (Å²) < 4.78 is 25.1. The Labute approximate surface area is 83.7 Å². The molecule has 0 atom stereocenters. The third-order valence-corrected chi connectivity index (χ3v) is 3.24. The topological polar surface area (TPSA) is 15.3 Å². The number of nitrogens with one attached hydrogen (secondary N) is 1. The van der Waals surface area contributed by atoms with Gasteiger partial charge in [-0.1, -0.05) is 0 Å². The van der Waals surface area contributed by atoms with Gasteiger partial charge in [-0.05, 0) is 18.9 Å². The van der Waals surface area contributed by atoms with Crippen molar-refractivity contribution in [3.63, 3.8) is 0 Å². The molecule has 4 heteroatoms. The fourth-order valence-corrected chi connectivity index (χ4v) is 2.29. The summed E-state index contributed by atoms with van der Waals surface area (Å²) >= 11 is 0. The third kappa shape index (κ3) is 2.64. The lowest BCUT2D eigenvalue weighted by atomic mass is 9.79. The first-order valence-corrected chi connectivity index (χ1v) is 5.47. The Morgan fingerprint density at radius 1 is 1.21 bits per heavy atom. The fourth-order valence-electron chi connectivity index (χ4n) is 2.29. The number of halogens is 2. The molecule has 0 spiro atoms. The molecule has 0 bridgehead atoms. The average Bonchev–Trinajstić information content (AvgIpc) is 2.13. The normalized spacial score (nSPS) is 28.7. The molecule has 0 aromatic rings. The van der Waals surface area contributed by atoms with Crippen LogP contribution in [-0.4, -0.2) is 43.5 Å². The van der Waals surface area contributed by atoms with Crippen LogP contribution in [0.25, 0.3) is 0 Å². The Morgan fingerprint density at radius 2 is 1.86 bits per heavy atom. The molecule has 1 saturated carbocycles. The smallest absolute Gasteiger partial charge is 0.248 e. The summed E-state index contributed by atoms with van der Waals surface area (Å²) in [6.45, 7) is 5.23. The molecule has 82 valence electrons.